The first-order chi connectivity index (χ1) is 12.5. The van der Waals surface area contributed by atoms with Crippen molar-refractivity contribution in [2.45, 2.75) is 19.5 Å². The first-order valence-corrected chi connectivity index (χ1v) is 8.88. The Bertz CT molecular complexity index is 753. The van der Waals surface area contributed by atoms with Crippen LogP contribution in [0.3, 0.4) is 0 Å². The second kappa shape index (κ2) is 11.8. The van der Waals surface area contributed by atoms with Gasteiger partial charge in [0, 0.05) is 19.1 Å². The maximum atomic E-state index is 11.9. The van der Waals surface area contributed by atoms with Gasteiger partial charge in [-0.1, -0.05) is 54.1 Å². The summed E-state index contributed by atoms with van der Waals surface area (Å²) in [6.45, 7) is 2.73. The minimum Gasteiger partial charge on any atom is -0.350 e. The zero-order chi connectivity index (χ0) is 18.9. The van der Waals surface area contributed by atoms with Gasteiger partial charge in [0.1, 0.15) is 0 Å². The Morgan fingerprint density at radius 2 is 1.85 bits per heavy atom. The van der Waals surface area contributed by atoms with E-state index < -0.39 is 0 Å². The minimum absolute atomic E-state index is 0. The average Bonchev–Trinajstić information content (AvgIpc) is 2.64. The van der Waals surface area contributed by atoms with E-state index in [1.54, 1.807) is 19.0 Å². The van der Waals surface area contributed by atoms with E-state index in [0.717, 1.165) is 11.1 Å². The summed E-state index contributed by atoms with van der Waals surface area (Å²) in [4.78, 5) is 18.0. The molecular formula is C20H26ClIN4O. The van der Waals surface area contributed by atoms with E-state index in [1.807, 2.05) is 61.5 Å². The van der Waals surface area contributed by atoms with E-state index >= 15 is 0 Å². The molecule has 0 aliphatic carbocycles. The second-order valence-corrected chi connectivity index (χ2v) is 6.65. The summed E-state index contributed by atoms with van der Waals surface area (Å²) in [6, 6.07) is 17.6. The van der Waals surface area contributed by atoms with Crippen LogP contribution < -0.4 is 10.6 Å². The number of nitrogens with one attached hydrogen (secondary N) is 2. The summed E-state index contributed by atoms with van der Waals surface area (Å²) in [5.74, 6) is 0.561. The first kappa shape index (κ1) is 23.2. The zero-order valence-corrected chi connectivity index (χ0v) is 18.9. The maximum absolute atomic E-state index is 11.9. The van der Waals surface area contributed by atoms with E-state index in [0.29, 0.717) is 17.5 Å². The number of guanidine groups is 1. The molecule has 0 bridgehead atoms. The molecule has 0 saturated carbocycles. The number of hydrogen-bond acceptors (Lipinski definition) is 2. The number of halogens is 2. The van der Waals surface area contributed by atoms with Gasteiger partial charge in [0.25, 0.3) is 0 Å². The second-order valence-electron chi connectivity index (χ2n) is 6.21. The van der Waals surface area contributed by atoms with Crippen molar-refractivity contribution in [2.24, 2.45) is 4.99 Å². The SMILES string of the molecule is CC(NC(=NCc1ccccc1)NCC(=O)N(C)C)c1cccc(Cl)c1.I. The number of nitrogens with zero attached hydrogens (tertiary/aromatic N) is 2. The summed E-state index contributed by atoms with van der Waals surface area (Å²) in [7, 11) is 3.46. The number of benzene rings is 2. The molecule has 0 heterocycles. The standard InChI is InChI=1S/C20H25ClN4O.HI/c1-15(17-10-7-11-18(21)12-17)24-20(23-14-19(26)25(2)3)22-13-16-8-5-4-6-9-16;/h4-12,15H,13-14H2,1-3H3,(H2,22,23,24);1H. The van der Waals surface area contributed by atoms with Gasteiger partial charge in [-0.25, -0.2) is 4.99 Å². The van der Waals surface area contributed by atoms with Crippen LogP contribution in [0.1, 0.15) is 24.1 Å². The van der Waals surface area contributed by atoms with Crippen molar-refractivity contribution >= 4 is 47.4 Å². The van der Waals surface area contributed by atoms with E-state index in [2.05, 4.69) is 15.6 Å². The molecule has 0 spiro atoms. The van der Waals surface area contributed by atoms with Crippen molar-refractivity contribution in [3.63, 3.8) is 0 Å². The highest BCUT2D eigenvalue weighted by molar-refractivity contribution is 14.0. The van der Waals surface area contributed by atoms with Crippen LogP contribution in [-0.4, -0.2) is 37.4 Å². The molecular weight excluding hydrogens is 475 g/mol. The third-order valence-electron chi connectivity index (χ3n) is 3.87. The van der Waals surface area contributed by atoms with Crippen LogP contribution in [0.25, 0.3) is 0 Å². The van der Waals surface area contributed by atoms with Gasteiger partial charge in [-0.05, 0) is 30.2 Å². The van der Waals surface area contributed by atoms with Gasteiger partial charge in [-0.3, -0.25) is 4.79 Å². The molecule has 0 fully saturated rings. The van der Waals surface area contributed by atoms with Crippen molar-refractivity contribution in [1.82, 2.24) is 15.5 Å². The van der Waals surface area contributed by atoms with Crippen molar-refractivity contribution in [2.75, 3.05) is 20.6 Å². The number of carbonyl (C=O) groups excluding carboxylic acids is 1. The Kier molecular flexibility index (Phi) is 10.2. The normalized spacial score (nSPS) is 11.9. The van der Waals surface area contributed by atoms with Gasteiger partial charge in [0.05, 0.1) is 19.1 Å². The highest BCUT2D eigenvalue weighted by Crippen LogP contribution is 2.17. The third-order valence-corrected chi connectivity index (χ3v) is 4.11. The number of hydrogen-bond donors (Lipinski definition) is 2. The van der Waals surface area contributed by atoms with Crippen LogP contribution in [0.15, 0.2) is 59.6 Å². The Morgan fingerprint density at radius 1 is 1.15 bits per heavy atom. The highest BCUT2D eigenvalue weighted by atomic mass is 127. The Hall–Kier alpha value is -1.80. The van der Waals surface area contributed by atoms with Crippen LogP contribution >= 0.6 is 35.6 Å². The monoisotopic (exact) mass is 500 g/mol. The van der Waals surface area contributed by atoms with E-state index in [-0.39, 0.29) is 42.5 Å². The highest BCUT2D eigenvalue weighted by Gasteiger charge is 2.11. The largest absolute Gasteiger partial charge is 0.350 e. The fourth-order valence-electron chi connectivity index (χ4n) is 2.29. The molecule has 2 aromatic carbocycles. The number of carbonyl (C=O) groups is 1. The zero-order valence-electron chi connectivity index (χ0n) is 15.8. The average molecular weight is 501 g/mol. The van der Waals surface area contributed by atoms with E-state index in [1.165, 1.54) is 0 Å². The topological polar surface area (TPSA) is 56.7 Å². The van der Waals surface area contributed by atoms with E-state index in [4.69, 9.17) is 11.6 Å². The predicted molar refractivity (Wildman–Crippen MR) is 123 cm³/mol. The van der Waals surface area contributed by atoms with Gasteiger partial charge in [0.15, 0.2) is 5.96 Å². The van der Waals surface area contributed by atoms with Gasteiger partial charge < -0.3 is 15.5 Å². The minimum atomic E-state index is -0.0189. The van der Waals surface area contributed by atoms with Gasteiger partial charge in [-0.15, -0.1) is 24.0 Å². The van der Waals surface area contributed by atoms with Crippen LogP contribution in [0.4, 0.5) is 0 Å². The summed E-state index contributed by atoms with van der Waals surface area (Å²) in [6.07, 6.45) is 0. The number of rotatable bonds is 6. The molecule has 0 aliphatic rings. The molecule has 0 saturated heterocycles. The van der Waals surface area contributed by atoms with Crippen LogP contribution in [-0.2, 0) is 11.3 Å². The lowest BCUT2D eigenvalue weighted by atomic mass is 10.1. The molecule has 2 N–H and O–H groups in total. The maximum Gasteiger partial charge on any atom is 0.241 e. The van der Waals surface area contributed by atoms with Crippen LogP contribution in [0.2, 0.25) is 5.02 Å². The lowest BCUT2D eigenvalue weighted by Crippen LogP contribution is -2.43. The molecule has 1 unspecified atom stereocenters. The molecule has 7 heteroatoms. The molecule has 146 valence electrons. The predicted octanol–water partition coefficient (Wildman–Crippen LogP) is 3.84. The molecule has 0 aromatic heterocycles. The van der Waals surface area contributed by atoms with Crippen molar-refractivity contribution in [3.05, 3.63) is 70.7 Å². The number of amides is 1. The molecule has 0 aliphatic heterocycles. The lowest BCUT2D eigenvalue weighted by Gasteiger charge is -2.20. The molecule has 1 atom stereocenters. The molecule has 0 radical (unpaired) electrons. The van der Waals surface area contributed by atoms with Crippen molar-refractivity contribution in [3.8, 4) is 0 Å². The summed E-state index contributed by atoms with van der Waals surface area (Å²) in [5, 5.41) is 7.13. The molecule has 2 rings (SSSR count). The molecule has 2 aromatic rings. The van der Waals surface area contributed by atoms with Gasteiger partial charge in [-0.2, -0.15) is 0 Å². The van der Waals surface area contributed by atoms with Gasteiger partial charge >= 0.3 is 0 Å². The molecule has 5 nitrogen and oxygen atoms in total. The third kappa shape index (κ3) is 8.17. The smallest absolute Gasteiger partial charge is 0.241 e. The molecule has 27 heavy (non-hydrogen) atoms. The fraction of sp³-hybridized carbons (Fsp3) is 0.300. The number of aliphatic imine (C=N–C) groups is 1. The van der Waals surface area contributed by atoms with Crippen LogP contribution in [0.5, 0.6) is 0 Å². The van der Waals surface area contributed by atoms with E-state index in [9.17, 15) is 4.79 Å². The number of likely N-dealkylation sites (N-methyl/N-ethyl adjacent to an activating group) is 1. The fourth-order valence-corrected chi connectivity index (χ4v) is 2.49. The quantitative estimate of drug-likeness (QED) is 0.360. The Labute approximate surface area is 183 Å². The van der Waals surface area contributed by atoms with Crippen molar-refractivity contribution in [1.29, 1.82) is 0 Å². The molecule has 1 amide bonds. The summed E-state index contributed by atoms with van der Waals surface area (Å²) < 4.78 is 0. The first-order valence-electron chi connectivity index (χ1n) is 8.50. The Balaban J connectivity index is 0.00000364. The summed E-state index contributed by atoms with van der Waals surface area (Å²) in [5.41, 5.74) is 2.15. The van der Waals surface area contributed by atoms with Crippen LogP contribution in [0, 0.1) is 0 Å². The lowest BCUT2D eigenvalue weighted by molar-refractivity contribution is -0.127. The van der Waals surface area contributed by atoms with Crippen molar-refractivity contribution < 1.29 is 4.79 Å². The summed E-state index contributed by atoms with van der Waals surface area (Å²) >= 11 is 6.08. The van der Waals surface area contributed by atoms with Gasteiger partial charge in [0.2, 0.25) is 5.91 Å². The Morgan fingerprint density at radius 3 is 2.48 bits per heavy atom.